The Labute approximate surface area is 87.0 Å². The van der Waals surface area contributed by atoms with Gasteiger partial charge in [-0.15, -0.1) is 0 Å². The number of nitrogens with two attached hydrogens (primary N) is 1. The first-order valence-corrected chi connectivity index (χ1v) is 4.38. The second-order valence-corrected chi connectivity index (χ2v) is 2.89. The van der Waals surface area contributed by atoms with Gasteiger partial charge in [-0.25, -0.2) is 9.97 Å². The van der Waals surface area contributed by atoms with E-state index in [0.29, 0.717) is 23.0 Å². The molecule has 2 heterocycles. The molecule has 0 saturated carbocycles. The van der Waals surface area contributed by atoms with E-state index >= 15 is 0 Å². The molecular formula is C10H10N4O. The molecule has 0 spiro atoms. The highest BCUT2D eigenvalue weighted by Crippen LogP contribution is 2.23. The number of anilines is 1. The standard InChI is InChI=1S/C10H10N4O/c1-15-10-9(13-4-5-14-10)8-6-7(11)2-3-12-8/h2-6H,1H3,(H2,11,12). The lowest BCUT2D eigenvalue weighted by Crippen LogP contribution is -1.96. The number of ether oxygens (including phenoxy) is 1. The lowest BCUT2D eigenvalue weighted by atomic mass is 10.2. The molecule has 0 aliphatic heterocycles. The number of aromatic nitrogens is 3. The van der Waals surface area contributed by atoms with Crippen molar-refractivity contribution in [1.29, 1.82) is 0 Å². The Morgan fingerprint density at radius 2 is 1.93 bits per heavy atom. The lowest BCUT2D eigenvalue weighted by Gasteiger charge is -2.04. The van der Waals surface area contributed by atoms with Gasteiger partial charge in [-0.2, -0.15) is 0 Å². The minimum Gasteiger partial charge on any atom is -0.479 e. The maximum absolute atomic E-state index is 5.66. The smallest absolute Gasteiger partial charge is 0.241 e. The Morgan fingerprint density at radius 3 is 2.67 bits per heavy atom. The molecule has 2 N–H and O–H groups in total. The van der Waals surface area contributed by atoms with Crippen molar-refractivity contribution >= 4 is 5.69 Å². The second-order valence-electron chi connectivity index (χ2n) is 2.89. The molecule has 0 bridgehead atoms. The summed E-state index contributed by atoms with van der Waals surface area (Å²) in [5.74, 6) is 0.440. The number of rotatable bonds is 2. The highest BCUT2D eigenvalue weighted by atomic mass is 16.5. The Morgan fingerprint density at radius 1 is 1.13 bits per heavy atom. The molecule has 0 aliphatic rings. The maximum Gasteiger partial charge on any atom is 0.241 e. The Bertz CT molecular complexity index is 472. The largest absolute Gasteiger partial charge is 0.479 e. The molecular weight excluding hydrogens is 192 g/mol. The summed E-state index contributed by atoms with van der Waals surface area (Å²) >= 11 is 0. The fourth-order valence-corrected chi connectivity index (χ4v) is 1.23. The van der Waals surface area contributed by atoms with Crippen molar-refractivity contribution in [2.45, 2.75) is 0 Å². The summed E-state index contributed by atoms with van der Waals surface area (Å²) in [7, 11) is 1.54. The van der Waals surface area contributed by atoms with Crippen LogP contribution in [0.15, 0.2) is 30.7 Å². The number of nitrogens with zero attached hydrogens (tertiary/aromatic N) is 3. The average Bonchev–Trinajstić information content (AvgIpc) is 2.29. The van der Waals surface area contributed by atoms with Crippen LogP contribution >= 0.6 is 0 Å². The molecule has 0 radical (unpaired) electrons. The Kier molecular flexibility index (Phi) is 2.45. The highest BCUT2D eigenvalue weighted by Gasteiger charge is 2.08. The normalized spacial score (nSPS) is 9.93. The summed E-state index contributed by atoms with van der Waals surface area (Å²) in [5, 5.41) is 0. The molecule has 5 heteroatoms. The molecule has 0 saturated heterocycles. The van der Waals surface area contributed by atoms with E-state index in [-0.39, 0.29) is 0 Å². The van der Waals surface area contributed by atoms with Gasteiger partial charge in [0.1, 0.15) is 0 Å². The van der Waals surface area contributed by atoms with Crippen molar-refractivity contribution in [3.05, 3.63) is 30.7 Å². The summed E-state index contributed by atoms with van der Waals surface area (Å²) in [6, 6.07) is 3.44. The zero-order chi connectivity index (χ0) is 10.7. The molecule has 0 fully saturated rings. The lowest BCUT2D eigenvalue weighted by molar-refractivity contribution is 0.397. The third kappa shape index (κ3) is 1.85. The van der Waals surface area contributed by atoms with Crippen LogP contribution in [0, 0.1) is 0 Å². The van der Waals surface area contributed by atoms with E-state index in [9.17, 15) is 0 Å². The second kappa shape index (κ2) is 3.91. The van der Waals surface area contributed by atoms with Crippen LogP contribution in [0.25, 0.3) is 11.4 Å². The van der Waals surface area contributed by atoms with Gasteiger partial charge >= 0.3 is 0 Å². The van der Waals surface area contributed by atoms with Crippen LogP contribution in [0.5, 0.6) is 5.88 Å². The third-order valence-corrected chi connectivity index (χ3v) is 1.88. The van der Waals surface area contributed by atoms with E-state index in [2.05, 4.69) is 15.0 Å². The van der Waals surface area contributed by atoms with Gasteiger partial charge in [0.05, 0.1) is 12.8 Å². The van der Waals surface area contributed by atoms with Crippen molar-refractivity contribution in [2.75, 3.05) is 12.8 Å². The predicted octanol–water partition coefficient (Wildman–Crippen LogP) is 1.13. The SMILES string of the molecule is COc1nccnc1-c1cc(N)ccn1. The Hall–Kier alpha value is -2.17. The van der Waals surface area contributed by atoms with Gasteiger partial charge in [0.15, 0.2) is 5.69 Å². The van der Waals surface area contributed by atoms with Gasteiger partial charge in [-0.1, -0.05) is 0 Å². The number of hydrogen-bond acceptors (Lipinski definition) is 5. The summed E-state index contributed by atoms with van der Waals surface area (Å²) < 4.78 is 5.09. The first kappa shape index (κ1) is 9.39. The number of pyridine rings is 1. The van der Waals surface area contributed by atoms with E-state index in [0.717, 1.165) is 0 Å². The molecule has 0 aromatic carbocycles. The molecule has 0 unspecified atom stereocenters. The van der Waals surface area contributed by atoms with Gasteiger partial charge in [0.2, 0.25) is 5.88 Å². The maximum atomic E-state index is 5.66. The Balaban J connectivity index is 2.53. The van der Waals surface area contributed by atoms with E-state index < -0.39 is 0 Å². The molecule has 0 amide bonds. The van der Waals surface area contributed by atoms with Crippen LogP contribution in [-0.2, 0) is 0 Å². The number of nitrogen functional groups attached to an aromatic ring is 1. The summed E-state index contributed by atoms with van der Waals surface area (Å²) in [5.41, 5.74) is 7.53. The fourth-order valence-electron chi connectivity index (χ4n) is 1.23. The zero-order valence-corrected chi connectivity index (χ0v) is 8.21. The van der Waals surface area contributed by atoms with E-state index in [1.807, 2.05) is 0 Å². The van der Waals surface area contributed by atoms with Crippen LogP contribution in [0.2, 0.25) is 0 Å². The zero-order valence-electron chi connectivity index (χ0n) is 8.21. The fraction of sp³-hybridized carbons (Fsp3) is 0.100. The van der Waals surface area contributed by atoms with Crippen LogP contribution in [-0.4, -0.2) is 22.1 Å². The molecule has 2 aromatic heterocycles. The number of hydrogen-bond donors (Lipinski definition) is 1. The molecule has 0 aliphatic carbocycles. The van der Waals surface area contributed by atoms with Crippen molar-refractivity contribution in [3.8, 4) is 17.3 Å². The topological polar surface area (TPSA) is 73.9 Å². The van der Waals surface area contributed by atoms with Gasteiger partial charge in [0.25, 0.3) is 0 Å². The highest BCUT2D eigenvalue weighted by molar-refractivity contribution is 5.63. The van der Waals surface area contributed by atoms with Crippen molar-refractivity contribution in [3.63, 3.8) is 0 Å². The van der Waals surface area contributed by atoms with Crippen molar-refractivity contribution in [1.82, 2.24) is 15.0 Å². The van der Waals surface area contributed by atoms with Crippen LogP contribution < -0.4 is 10.5 Å². The minimum absolute atomic E-state index is 0.440. The first-order chi connectivity index (χ1) is 7.31. The van der Waals surface area contributed by atoms with Gasteiger partial charge in [-0.3, -0.25) is 4.98 Å². The quantitative estimate of drug-likeness (QED) is 0.790. The monoisotopic (exact) mass is 202 g/mol. The number of methoxy groups -OCH3 is 1. The van der Waals surface area contributed by atoms with Crippen LogP contribution in [0.1, 0.15) is 0 Å². The molecule has 15 heavy (non-hydrogen) atoms. The van der Waals surface area contributed by atoms with E-state index in [1.165, 1.54) is 0 Å². The van der Waals surface area contributed by atoms with Crippen molar-refractivity contribution < 1.29 is 4.74 Å². The third-order valence-electron chi connectivity index (χ3n) is 1.88. The molecule has 76 valence electrons. The summed E-state index contributed by atoms with van der Waals surface area (Å²) in [4.78, 5) is 12.3. The molecule has 0 atom stereocenters. The van der Waals surface area contributed by atoms with E-state index in [1.54, 1.807) is 37.8 Å². The van der Waals surface area contributed by atoms with Crippen LogP contribution in [0.3, 0.4) is 0 Å². The summed E-state index contributed by atoms with van der Waals surface area (Å²) in [6.45, 7) is 0. The van der Waals surface area contributed by atoms with E-state index in [4.69, 9.17) is 10.5 Å². The minimum atomic E-state index is 0.440. The van der Waals surface area contributed by atoms with Gasteiger partial charge in [0, 0.05) is 24.3 Å². The molecule has 5 nitrogen and oxygen atoms in total. The molecule has 2 aromatic rings. The predicted molar refractivity (Wildman–Crippen MR) is 56.2 cm³/mol. The van der Waals surface area contributed by atoms with Gasteiger partial charge in [-0.05, 0) is 12.1 Å². The first-order valence-electron chi connectivity index (χ1n) is 4.38. The summed E-state index contributed by atoms with van der Waals surface area (Å²) in [6.07, 6.45) is 4.77. The van der Waals surface area contributed by atoms with Crippen molar-refractivity contribution in [2.24, 2.45) is 0 Å². The average molecular weight is 202 g/mol. The van der Waals surface area contributed by atoms with Crippen LogP contribution in [0.4, 0.5) is 5.69 Å². The van der Waals surface area contributed by atoms with Gasteiger partial charge < -0.3 is 10.5 Å². The molecule has 2 rings (SSSR count).